The Hall–Kier alpha value is -2.45. The predicted molar refractivity (Wildman–Crippen MR) is 96.6 cm³/mol. The Morgan fingerprint density at radius 2 is 2.12 bits per heavy atom. The minimum atomic E-state index is -3.16. The van der Waals surface area contributed by atoms with Crippen molar-refractivity contribution in [2.24, 2.45) is 0 Å². The zero-order valence-corrected chi connectivity index (χ0v) is 14.7. The molecule has 0 unspecified atom stereocenters. The zero-order valence-electron chi connectivity index (χ0n) is 13.9. The number of hydrogen-bond acceptors (Lipinski definition) is 5. The smallest absolute Gasteiger partial charge is 0.211 e. The lowest BCUT2D eigenvalue weighted by Crippen LogP contribution is -2.35. The van der Waals surface area contributed by atoms with Gasteiger partial charge in [-0.25, -0.2) is 13.4 Å². The van der Waals surface area contributed by atoms with Crippen molar-refractivity contribution >= 4 is 26.9 Å². The summed E-state index contributed by atoms with van der Waals surface area (Å²) in [6, 6.07) is 5.99. The maximum absolute atomic E-state index is 11.8. The summed E-state index contributed by atoms with van der Waals surface area (Å²) in [6.45, 7) is 1.58. The summed E-state index contributed by atoms with van der Waals surface area (Å²) in [7, 11) is -3.16. The first kappa shape index (κ1) is 16.0. The SMILES string of the molecule is CS(=O)(=O)N1CCc2c(cccc2NCc2c[nH]c3nccnc23)C1. The van der Waals surface area contributed by atoms with Crippen LogP contribution < -0.4 is 5.32 Å². The second-order valence-corrected chi connectivity index (χ2v) is 8.19. The number of aromatic nitrogens is 3. The summed E-state index contributed by atoms with van der Waals surface area (Å²) in [4.78, 5) is 11.7. The second kappa shape index (κ2) is 6.12. The van der Waals surface area contributed by atoms with E-state index in [1.807, 2.05) is 24.4 Å². The predicted octanol–water partition coefficient (Wildman–Crippen LogP) is 1.89. The van der Waals surface area contributed by atoms with E-state index in [0.29, 0.717) is 26.1 Å². The summed E-state index contributed by atoms with van der Waals surface area (Å²) >= 11 is 0. The topological polar surface area (TPSA) is 91.0 Å². The van der Waals surface area contributed by atoms with E-state index in [-0.39, 0.29) is 0 Å². The van der Waals surface area contributed by atoms with Gasteiger partial charge in [0.05, 0.1) is 6.26 Å². The van der Waals surface area contributed by atoms with E-state index in [4.69, 9.17) is 0 Å². The third-order valence-electron chi connectivity index (χ3n) is 4.55. The van der Waals surface area contributed by atoms with Crippen LogP contribution in [0.25, 0.3) is 11.2 Å². The Balaban J connectivity index is 1.56. The lowest BCUT2D eigenvalue weighted by molar-refractivity contribution is 0.395. The quantitative estimate of drug-likeness (QED) is 0.744. The number of nitrogens with zero attached hydrogens (tertiary/aromatic N) is 3. The van der Waals surface area contributed by atoms with Gasteiger partial charge in [0, 0.05) is 49.5 Å². The molecule has 3 heterocycles. The van der Waals surface area contributed by atoms with E-state index in [1.54, 1.807) is 12.4 Å². The standard InChI is InChI=1S/C17H19N5O2S/c1-25(23,24)22-8-5-14-12(11-22)3-2-4-15(14)20-9-13-10-21-17-16(13)18-6-7-19-17/h2-4,6-7,10,20H,5,8-9,11H2,1H3,(H,19,21). The van der Waals surface area contributed by atoms with Gasteiger partial charge in [0.15, 0.2) is 5.65 Å². The molecule has 130 valence electrons. The van der Waals surface area contributed by atoms with Crippen LogP contribution in [0.15, 0.2) is 36.8 Å². The molecule has 0 amide bonds. The zero-order chi connectivity index (χ0) is 17.4. The molecule has 1 aromatic carbocycles. The number of rotatable bonds is 4. The van der Waals surface area contributed by atoms with Crippen LogP contribution in [0.3, 0.4) is 0 Å². The molecule has 0 bridgehead atoms. The number of fused-ring (bicyclic) bond motifs is 2. The highest BCUT2D eigenvalue weighted by Gasteiger charge is 2.24. The molecule has 0 spiro atoms. The van der Waals surface area contributed by atoms with Crippen LogP contribution in [0, 0.1) is 0 Å². The molecule has 3 aromatic rings. The van der Waals surface area contributed by atoms with Gasteiger partial charge < -0.3 is 10.3 Å². The number of benzene rings is 1. The molecule has 0 atom stereocenters. The Morgan fingerprint density at radius 1 is 1.28 bits per heavy atom. The lowest BCUT2D eigenvalue weighted by Gasteiger charge is -2.28. The molecule has 0 fully saturated rings. The van der Waals surface area contributed by atoms with Crippen LogP contribution in [0.4, 0.5) is 5.69 Å². The minimum absolute atomic E-state index is 0.433. The van der Waals surface area contributed by atoms with Crippen LogP contribution in [0.1, 0.15) is 16.7 Å². The fourth-order valence-electron chi connectivity index (χ4n) is 3.26. The normalized spacial score (nSPS) is 15.2. The number of H-pyrrole nitrogens is 1. The highest BCUT2D eigenvalue weighted by Crippen LogP contribution is 2.28. The van der Waals surface area contributed by atoms with E-state index < -0.39 is 10.0 Å². The number of sulfonamides is 1. The van der Waals surface area contributed by atoms with Gasteiger partial charge in [0.25, 0.3) is 0 Å². The highest BCUT2D eigenvalue weighted by atomic mass is 32.2. The fraction of sp³-hybridized carbons (Fsp3) is 0.294. The molecule has 25 heavy (non-hydrogen) atoms. The molecule has 0 aliphatic carbocycles. The van der Waals surface area contributed by atoms with Crippen molar-refractivity contribution in [1.29, 1.82) is 0 Å². The maximum Gasteiger partial charge on any atom is 0.211 e. The van der Waals surface area contributed by atoms with Crippen LogP contribution >= 0.6 is 0 Å². The van der Waals surface area contributed by atoms with Gasteiger partial charge in [0.2, 0.25) is 10.0 Å². The number of anilines is 1. The third kappa shape index (κ3) is 3.10. The van der Waals surface area contributed by atoms with Crippen molar-refractivity contribution in [1.82, 2.24) is 19.3 Å². The average molecular weight is 357 g/mol. The molecule has 0 saturated heterocycles. The van der Waals surface area contributed by atoms with Crippen molar-refractivity contribution in [2.75, 3.05) is 18.1 Å². The fourth-order valence-corrected chi connectivity index (χ4v) is 4.06. The van der Waals surface area contributed by atoms with E-state index >= 15 is 0 Å². The van der Waals surface area contributed by atoms with Crippen LogP contribution in [0.5, 0.6) is 0 Å². The van der Waals surface area contributed by atoms with E-state index in [2.05, 4.69) is 20.3 Å². The monoisotopic (exact) mass is 357 g/mol. The van der Waals surface area contributed by atoms with Gasteiger partial charge in [-0.05, 0) is 23.6 Å². The Kier molecular flexibility index (Phi) is 3.93. The van der Waals surface area contributed by atoms with E-state index in [0.717, 1.165) is 28.0 Å². The van der Waals surface area contributed by atoms with E-state index in [9.17, 15) is 8.42 Å². The van der Waals surface area contributed by atoms with Crippen LogP contribution in [0.2, 0.25) is 0 Å². The lowest BCUT2D eigenvalue weighted by atomic mass is 9.99. The minimum Gasteiger partial charge on any atom is -0.381 e. The summed E-state index contributed by atoms with van der Waals surface area (Å²) < 4.78 is 25.1. The van der Waals surface area contributed by atoms with Crippen molar-refractivity contribution in [3.8, 4) is 0 Å². The van der Waals surface area contributed by atoms with Crippen LogP contribution in [-0.4, -0.2) is 40.5 Å². The first-order valence-corrected chi connectivity index (χ1v) is 9.94. The van der Waals surface area contributed by atoms with Crippen LogP contribution in [-0.2, 0) is 29.5 Å². The first-order valence-electron chi connectivity index (χ1n) is 8.09. The van der Waals surface area contributed by atoms with Gasteiger partial charge in [-0.15, -0.1) is 0 Å². The Labute approximate surface area is 146 Å². The summed E-state index contributed by atoms with van der Waals surface area (Å²) in [5.41, 5.74) is 5.98. The summed E-state index contributed by atoms with van der Waals surface area (Å²) in [5, 5.41) is 3.47. The number of aromatic amines is 1. The molecule has 2 N–H and O–H groups in total. The van der Waals surface area contributed by atoms with Gasteiger partial charge in [-0.3, -0.25) is 4.98 Å². The molecular weight excluding hydrogens is 338 g/mol. The first-order chi connectivity index (χ1) is 12.0. The van der Waals surface area contributed by atoms with Gasteiger partial charge in [0.1, 0.15) is 5.52 Å². The average Bonchev–Trinajstić information content (AvgIpc) is 3.02. The summed E-state index contributed by atoms with van der Waals surface area (Å²) in [6.07, 6.45) is 7.23. The molecule has 1 aliphatic heterocycles. The second-order valence-electron chi connectivity index (χ2n) is 6.21. The maximum atomic E-state index is 11.8. The van der Waals surface area contributed by atoms with Gasteiger partial charge in [-0.2, -0.15) is 4.31 Å². The van der Waals surface area contributed by atoms with Crippen molar-refractivity contribution < 1.29 is 8.42 Å². The largest absolute Gasteiger partial charge is 0.381 e. The third-order valence-corrected chi connectivity index (χ3v) is 5.80. The molecular formula is C17H19N5O2S. The Morgan fingerprint density at radius 3 is 2.96 bits per heavy atom. The van der Waals surface area contributed by atoms with Crippen molar-refractivity contribution in [2.45, 2.75) is 19.5 Å². The molecule has 1 aliphatic rings. The number of nitrogens with one attached hydrogen (secondary N) is 2. The molecule has 0 radical (unpaired) electrons. The van der Waals surface area contributed by atoms with Gasteiger partial charge >= 0.3 is 0 Å². The van der Waals surface area contributed by atoms with E-state index in [1.165, 1.54) is 16.1 Å². The molecule has 8 heteroatoms. The Bertz CT molecular complexity index is 1030. The van der Waals surface area contributed by atoms with Gasteiger partial charge in [-0.1, -0.05) is 12.1 Å². The molecule has 4 rings (SSSR count). The van der Waals surface area contributed by atoms with Crippen molar-refractivity contribution in [3.05, 3.63) is 53.5 Å². The number of hydrogen-bond donors (Lipinski definition) is 2. The molecule has 7 nitrogen and oxygen atoms in total. The summed E-state index contributed by atoms with van der Waals surface area (Å²) in [5.74, 6) is 0. The highest BCUT2D eigenvalue weighted by molar-refractivity contribution is 7.88. The van der Waals surface area contributed by atoms with Crippen molar-refractivity contribution in [3.63, 3.8) is 0 Å². The molecule has 2 aromatic heterocycles. The molecule has 0 saturated carbocycles.